The van der Waals surface area contributed by atoms with E-state index in [0.29, 0.717) is 11.8 Å². The normalized spacial score (nSPS) is 11.0. The molecule has 0 fully saturated rings. The standard InChI is InChI=1S/C10H21NS2/c1-8(2)6-11(7-9(3)4)10(12)13-5/h8-9H,6-7H2,1-5H3. The Morgan fingerprint density at radius 3 is 1.77 bits per heavy atom. The van der Waals surface area contributed by atoms with Crippen LogP contribution in [0.3, 0.4) is 0 Å². The lowest BCUT2D eigenvalue weighted by Gasteiger charge is -2.27. The summed E-state index contributed by atoms with van der Waals surface area (Å²) in [6, 6.07) is 0. The van der Waals surface area contributed by atoms with Gasteiger partial charge in [-0.25, -0.2) is 0 Å². The Balaban J connectivity index is 4.10. The highest BCUT2D eigenvalue weighted by Gasteiger charge is 2.11. The second-order valence-electron chi connectivity index (χ2n) is 4.16. The molecule has 0 aromatic rings. The van der Waals surface area contributed by atoms with Gasteiger partial charge >= 0.3 is 0 Å². The number of thiocarbonyl (C=S) groups is 1. The Morgan fingerprint density at radius 1 is 1.15 bits per heavy atom. The minimum Gasteiger partial charge on any atom is -0.357 e. The quantitative estimate of drug-likeness (QED) is 0.668. The van der Waals surface area contributed by atoms with Crippen LogP contribution in [-0.2, 0) is 0 Å². The van der Waals surface area contributed by atoms with Crippen LogP contribution < -0.4 is 0 Å². The molecular weight excluding hydrogens is 198 g/mol. The van der Waals surface area contributed by atoms with Crippen LogP contribution in [0.25, 0.3) is 0 Å². The van der Waals surface area contributed by atoms with Crippen molar-refractivity contribution in [3.8, 4) is 0 Å². The van der Waals surface area contributed by atoms with Crippen molar-refractivity contribution in [1.82, 2.24) is 4.90 Å². The zero-order valence-corrected chi connectivity index (χ0v) is 11.0. The van der Waals surface area contributed by atoms with E-state index in [0.717, 1.165) is 17.4 Å². The monoisotopic (exact) mass is 219 g/mol. The summed E-state index contributed by atoms with van der Waals surface area (Å²) in [5.74, 6) is 1.37. The van der Waals surface area contributed by atoms with Gasteiger partial charge in [0.15, 0.2) is 0 Å². The van der Waals surface area contributed by atoms with E-state index in [-0.39, 0.29) is 0 Å². The van der Waals surface area contributed by atoms with Crippen molar-refractivity contribution in [1.29, 1.82) is 0 Å². The molecule has 0 rings (SSSR count). The first-order chi connectivity index (χ1) is 5.97. The summed E-state index contributed by atoms with van der Waals surface area (Å²) in [7, 11) is 0. The van der Waals surface area contributed by atoms with Gasteiger partial charge in [-0.1, -0.05) is 39.9 Å². The van der Waals surface area contributed by atoms with Gasteiger partial charge in [0.25, 0.3) is 0 Å². The van der Waals surface area contributed by atoms with Crippen molar-refractivity contribution in [2.75, 3.05) is 19.3 Å². The summed E-state index contributed by atoms with van der Waals surface area (Å²) in [6.45, 7) is 11.1. The van der Waals surface area contributed by atoms with Gasteiger partial charge in [-0.2, -0.15) is 0 Å². The van der Waals surface area contributed by atoms with Crippen LogP contribution in [0.1, 0.15) is 27.7 Å². The van der Waals surface area contributed by atoms with E-state index in [9.17, 15) is 0 Å². The van der Waals surface area contributed by atoms with Crippen LogP contribution in [0.2, 0.25) is 0 Å². The molecule has 0 saturated carbocycles. The molecule has 0 aromatic heterocycles. The molecule has 0 N–H and O–H groups in total. The lowest BCUT2D eigenvalue weighted by molar-refractivity contribution is 0.337. The molecule has 0 spiro atoms. The summed E-state index contributed by atoms with van der Waals surface area (Å²) in [4.78, 5) is 2.31. The molecule has 0 aliphatic heterocycles. The molecule has 0 amide bonds. The first kappa shape index (κ1) is 13.2. The maximum Gasteiger partial charge on any atom is 0.136 e. The average molecular weight is 219 g/mol. The summed E-state index contributed by atoms with van der Waals surface area (Å²) in [5.41, 5.74) is 0. The summed E-state index contributed by atoms with van der Waals surface area (Å²) in [6.07, 6.45) is 2.05. The Labute approximate surface area is 92.3 Å². The summed E-state index contributed by atoms with van der Waals surface area (Å²) >= 11 is 6.98. The van der Waals surface area contributed by atoms with Gasteiger partial charge in [-0.05, 0) is 18.1 Å². The van der Waals surface area contributed by atoms with Gasteiger partial charge in [-0.3, -0.25) is 0 Å². The number of hydrogen-bond acceptors (Lipinski definition) is 2. The van der Waals surface area contributed by atoms with Crippen molar-refractivity contribution in [2.45, 2.75) is 27.7 Å². The fraction of sp³-hybridized carbons (Fsp3) is 0.900. The van der Waals surface area contributed by atoms with E-state index in [2.05, 4.69) is 38.9 Å². The van der Waals surface area contributed by atoms with E-state index in [1.54, 1.807) is 11.8 Å². The number of hydrogen-bond donors (Lipinski definition) is 0. The molecule has 0 saturated heterocycles. The Bertz CT molecular complexity index is 145. The van der Waals surface area contributed by atoms with Crippen LogP contribution in [0.15, 0.2) is 0 Å². The lowest BCUT2D eigenvalue weighted by atomic mass is 10.1. The largest absolute Gasteiger partial charge is 0.357 e. The minimum absolute atomic E-state index is 0.684. The third kappa shape index (κ3) is 6.33. The third-order valence-corrected chi connectivity index (χ3v) is 2.97. The predicted molar refractivity (Wildman–Crippen MR) is 67.4 cm³/mol. The molecule has 78 valence electrons. The Kier molecular flexibility index (Phi) is 6.78. The van der Waals surface area contributed by atoms with Gasteiger partial charge in [-0.15, -0.1) is 11.8 Å². The van der Waals surface area contributed by atoms with Gasteiger partial charge in [0.2, 0.25) is 0 Å². The molecule has 0 bridgehead atoms. The van der Waals surface area contributed by atoms with Crippen LogP contribution in [0.4, 0.5) is 0 Å². The maximum atomic E-state index is 5.30. The molecule has 0 atom stereocenters. The van der Waals surface area contributed by atoms with Crippen molar-refractivity contribution >= 4 is 28.3 Å². The molecule has 0 aliphatic carbocycles. The van der Waals surface area contributed by atoms with Crippen molar-refractivity contribution in [2.24, 2.45) is 11.8 Å². The second-order valence-corrected chi connectivity index (χ2v) is 5.60. The predicted octanol–water partition coefficient (Wildman–Crippen LogP) is 3.25. The minimum atomic E-state index is 0.684. The molecule has 13 heavy (non-hydrogen) atoms. The first-order valence-corrected chi connectivity index (χ1v) is 6.43. The highest BCUT2D eigenvalue weighted by Crippen LogP contribution is 2.11. The summed E-state index contributed by atoms with van der Waals surface area (Å²) in [5, 5.41) is 0. The second kappa shape index (κ2) is 6.66. The molecule has 0 aliphatic rings. The number of thioether (sulfide) groups is 1. The molecule has 1 nitrogen and oxygen atoms in total. The Morgan fingerprint density at radius 2 is 1.54 bits per heavy atom. The summed E-state index contributed by atoms with van der Waals surface area (Å²) < 4.78 is 1.03. The van der Waals surface area contributed by atoms with Crippen molar-refractivity contribution < 1.29 is 0 Å². The van der Waals surface area contributed by atoms with Gasteiger partial charge in [0, 0.05) is 13.1 Å². The van der Waals surface area contributed by atoms with Crippen LogP contribution in [-0.4, -0.2) is 28.6 Å². The van der Waals surface area contributed by atoms with Crippen LogP contribution in [0, 0.1) is 11.8 Å². The number of rotatable bonds is 4. The average Bonchev–Trinajstić information content (AvgIpc) is 2.00. The highest BCUT2D eigenvalue weighted by atomic mass is 32.2. The molecule has 0 aromatic carbocycles. The van der Waals surface area contributed by atoms with Crippen molar-refractivity contribution in [3.05, 3.63) is 0 Å². The third-order valence-electron chi connectivity index (χ3n) is 1.60. The maximum absolute atomic E-state index is 5.30. The lowest BCUT2D eigenvalue weighted by Crippen LogP contribution is -2.34. The van der Waals surface area contributed by atoms with E-state index in [4.69, 9.17) is 12.2 Å². The highest BCUT2D eigenvalue weighted by molar-refractivity contribution is 8.22. The first-order valence-electron chi connectivity index (χ1n) is 4.80. The molecule has 0 heterocycles. The van der Waals surface area contributed by atoms with Gasteiger partial charge in [0.05, 0.1) is 0 Å². The van der Waals surface area contributed by atoms with Crippen molar-refractivity contribution in [3.63, 3.8) is 0 Å². The zero-order chi connectivity index (χ0) is 10.4. The van der Waals surface area contributed by atoms with E-state index < -0.39 is 0 Å². The molecule has 0 unspecified atom stereocenters. The van der Waals surface area contributed by atoms with Gasteiger partial charge in [0.1, 0.15) is 4.32 Å². The molecule has 3 heteroatoms. The zero-order valence-electron chi connectivity index (χ0n) is 9.33. The molecule has 0 radical (unpaired) electrons. The van der Waals surface area contributed by atoms with Gasteiger partial charge < -0.3 is 4.90 Å². The smallest absolute Gasteiger partial charge is 0.136 e. The molecular formula is C10H21NS2. The topological polar surface area (TPSA) is 3.24 Å². The van der Waals surface area contributed by atoms with Crippen LogP contribution >= 0.6 is 24.0 Å². The number of nitrogens with zero attached hydrogens (tertiary/aromatic N) is 1. The van der Waals surface area contributed by atoms with E-state index in [1.807, 2.05) is 0 Å². The van der Waals surface area contributed by atoms with Crippen LogP contribution in [0.5, 0.6) is 0 Å². The SMILES string of the molecule is CSC(=S)N(CC(C)C)CC(C)C. The Hall–Kier alpha value is 0.240. The van der Waals surface area contributed by atoms with E-state index in [1.165, 1.54) is 0 Å². The van der Waals surface area contributed by atoms with E-state index >= 15 is 0 Å². The fourth-order valence-corrected chi connectivity index (χ4v) is 1.79. The fourth-order valence-electron chi connectivity index (χ4n) is 1.23.